The normalized spacial score (nSPS) is 12.7. The van der Waals surface area contributed by atoms with Crippen molar-refractivity contribution in [2.24, 2.45) is 0 Å². The van der Waals surface area contributed by atoms with E-state index in [1.807, 2.05) is 24.6 Å². The van der Waals surface area contributed by atoms with E-state index >= 15 is 0 Å². The second kappa shape index (κ2) is 6.39. The topological polar surface area (TPSA) is 29.9 Å². The van der Waals surface area contributed by atoms with Crippen molar-refractivity contribution >= 4 is 0 Å². The van der Waals surface area contributed by atoms with Crippen molar-refractivity contribution < 1.29 is 4.39 Å². The summed E-state index contributed by atoms with van der Waals surface area (Å²) < 4.78 is 15.8. The van der Waals surface area contributed by atoms with Crippen molar-refractivity contribution in [1.29, 1.82) is 0 Å². The van der Waals surface area contributed by atoms with Crippen LogP contribution in [0, 0.1) is 19.7 Å². The molecule has 1 atom stereocenters. The molecule has 114 valence electrons. The maximum absolute atomic E-state index is 13.8. The first-order chi connectivity index (χ1) is 9.99. The second-order valence-electron chi connectivity index (χ2n) is 5.37. The van der Waals surface area contributed by atoms with Gasteiger partial charge in [0.25, 0.3) is 0 Å². The molecule has 1 N–H and O–H groups in total. The zero-order chi connectivity index (χ0) is 15.6. The highest BCUT2D eigenvalue weighted by atomic mass is 19.1. The highest BCUT2D eigenvalue weighted by molar-refractivity contribution is 5.72. The number of aromatic nitrogens is 2. The Morgan fingerprint density at radius 2 is 2.00 bits per heavy atom. The predicted octanol–water partition coefficient (Wildman–Crippen LogP) is 4.00. The second-order valence-corrected chi connectivity index (χ2v) is 5.37. The lowest BCUT2D eigenvalue weighted by Gasteiger charge is -2.18. The largest absolute Gasteiger partial charge is 0.310 e. The molecule has 2 aromatic rings. The number of hydrogen-bond donors (Lipinski definition) is 1. The number of hydrogen-bond acceptors (Lipinski definition) is 2. The molecule has 1 unspecified atom stereocenters. The van der Waals surface area contributed by atoms with Crippen LogP contribution in [0.2, 0.25) is 0 Å². The lowest BCUT2D eigenvalue weighted by atomic mass is 9.94. The fraction of sp³-hybridized carbons (Fsp3) is 0.471. The Balaban J connectivity index is 2.62. The summed E-state index contributed by atoms with van der Waals surface area (Å²) in [5, 5.41) is 7.96. The number of benzene rings is 1. The standard InChI is InChI=1S/C17H24FN3/c1-6-19-11(3)15-9-8-14(18)10-16(15)17-12(4)20-21(7-2)13(17)5/h8-11,19H,6-7H2,1-5H3. The molecule has 0 saturated heterocycles. The number of nitrogens with one attached hydrogen (secondary N) is 1. The van der Waals surface area contributed by atoms with Gasteiger partial charge in [-0.2, -0.15) is 5.10 Å². The van der Waals surface area contributed by atoms with Crippen LogP contribution in [0.15, 0.2) is 18.2 Å². The smallest absolute Gasteiger partial charge is 0.123 e. The molecule has 0 aliphatic carbocycles. The summed E-state index contributed by atoms with van der Waals surface area (Å²) in [6, 6.07) is 5.21. The van der Waals surface area contributed by atoms with Gasteiger partial charge in [-0.25, -0.2) is 4.39 Å². The first kappa shape index (κ1) is 15.7. The van der Waals surface area contributed by atoms with Crippen LogP contribution in [0.4, 0.5) is 4.39 Å². The highest BCUT2D eigenvalue weighted by Crippen LogP contribution is 2.33. The zero-order valence-electron chi connectivity index (χ0n) is 13.5. The molecule has 0 fully saturated rings. The van der Waals surface area contributed by atoms with Crippen LogP contribution < -0.4 is 5.32 Å². The lowest BCUT2D eigenvalue weighted by Crippen LogP contribution is -2.18. The van der Waals surface area contributed by atoms with Crippen LogP contribution in [-0.2, 0) is 6.54 Å². The Bertz CT molecular complexity index is 631. The van der Waals surface area contributed by atoms with E-state index in [0.29, 0.717) is 0 Å². The first-order valence-corrected chi connectivity index (χ1v) is 7.56. The van der Waals surface area contributed by atoms with Gasteiger partial charge < -0.3 is 5.32 Å². The summed E-state index contributed by atoms with van der Waals surface area (Å²) in [6.07, 6.45) is 0. The van der Waals surface area contributed by atoms with Crippen molar-refractivity contribution in [3.8, 4) is 11.1 Å². The lowest BCUT2D eigenvalue weighted by molar-refractivity contribution is 0.593. The molecule has 0 spiro atoms. The fourth-order valence-corrected chi connectivity index (χ4v) is 2.93. The number of nitrogens with zero attached hydrogens (tertiary/aromatic N) is 2. The molecule has 0 bridgehead atoms. The Labute approximate surface area is 126 Å². The minimum absolute atomic E-state index is 0.175. The molecule has 1 aromatic carbocycles. The van der Waals surface area contributed by atoms with Crippen LogP contribution in [0.1, 0.15) is 43.8 Å². The summed E-state index contributed by atoms with van der Waals surface area (Å²) in [7, 11) is 0. The van der Waals surface area contributed by atoms with Crippen molar-refractivity contribution in [3.05, 3.63) is 41.0 Å². The molecule has 0 amide bonds. The molecule has 0 aliphatic heterocycles. The van der Waals surface area contributed by atoms with Gasteiger partial charge in [0.15, 0.2) is 0 Å². The van der Waals surface area contributed by atoms with Crippen LogP contribution in [0.25, 0.3) is 11.1 Å². The third-order valence-corrected chi connectivity index (χ3v) is 3.94. The molecule has 0 radical (unpaired) electrons. The Morgan fingerprint density at radius 1 is 1.29 bits per heavy atom. The van der Waals surface area contributed by atoms with E-state index in [0.717, 1.165) is 41.2 Å². The summed E-state index contributed by atoms with van der Waals surface area (Å²) in [5.41, 5.74) is 5.14. The van der Waals surface area contributed by atoms with Gasteiger partial charge in [-0.15, -0.1) is 0 Å². The third-order valence-electron chi connectivity index (χ3n) is 3.94. The first-order valence-electron chi connectivity index (χ1n) is 7.56. The molecule has 4 heteroatoms. The molecule has 2 rings (SSSR count). The third kappa shape index (κ3) is 3.00. The summed E-state index contributed by atoms with van der Waals surface area (Å²) in [6.45, 7) is 12.0. The number of halogens is 1. The highest BCUT2D eigenvalue weighted by Gasteiger charge is 2.19. The van der Waals surface area contributed by atoms with Gasteiger partial charge in [0, 0.05) is 23.8 Å². The predicted molar refractivity (Wildman–Crippen MR) is 84.9 cm³/mol. The van der Waals surface area contributed by atoms with E-state index in [2.05, 4.69) is 31.2 Å². The molecule has 3 nitrogen and oxygen atoms in total. The zero-order valence-corrected chi connectivity index (χ0v) is 13.5. The van der Waals surface area contributed by atoms with Gasteiger partial charge in [-0.05, 0) is 57.5 Å². The fourth-order valence-electron chi connectivity index (χ4n) is 2.93. The molecular formula is C17H24FN3. The van der Waals surface area contributed by atoms with Crippen LogP contribution in [0.5, 0.6) is 0 Å². The van der Waals surface area contributed by atoms with Crippen molar-refractivity contribution in [1.82, 2.24) is 15.1 Å². The molecule has 1 heterocycles. The monoisotopic (exact) mass is 289 g/mol. The molecule has 0 aliphatic rings. The van der Waals surface area contributed by atoms with Crippen LogP contribution in [-0.4, -0.2) is 16.3 Å². The molecule has 0 saturated carbocycles. The van der Waals surface area contributed by atoms with Gasteiger partial charge in [-0.3, -0.25) is 4.68 Å². The average molecular weight is 289 g/mol. The minimum Gasteiger partial charge on any atom is -0.310 e. The maximum atomic E-state index is 13.8. The number of rotatable bonds is 5. The molecular weight excluding hydrogens is 265 g/mol. The molecule has 1 aromatic heterocycles. The summed E-state index contributed by atoms with van der Waals surface area (Å²) in [5.74, 6) is -0.208. The van der Waals surface area contributed by atoms with Crippen LogP contribution >= 0.6 is 0 Å². The van der Waals surface area contributed by atoms with Crippen molar-refractivity contribution in [3.63, 3.8) is 0 Å². The van der Waals surface area contributed by atoms with Gasteiger partial charge in [-0.1, -0.05) is 13.0 Å². The van der Waals surface area contributed by atoms with E-state index in [1.165, 1.54) is 6.07 Å². The maximum Gasteiger partial charge on any atom is 0.123 e. The minimum atomic E-state index is -0.208. The average Bonchev–Trinajstić information content (AvgIpc) is 2.73. The van der Waals surface area contributed by atoms with Crippen molar-refractivity contribution in [2.45, 2.75) is 47.2 Å². The Morgan fingerprint density at radius 3 is 2.57 bits per heavy atom. The van der Waals surface area contributed by atoms with Gasteiger partial charge in [0.1, 0.15) is 5.82 Å². The van der Waals surface area contributed by atoms with Gasteiger partial charge >= 0.3 is 0 Å². The van der Waals surface area contributed by atoms with E-state index in [9.17, 15) is 4.39 Å². The summed E-state index contributed by atoms with van der Waals surface area (Å²) in [4.78, 5) is 0. The van der Waals surface area contributed by atoms with Crippen molar-refractivity contribution in [2.75, 3.05) is 6.54 Å². The van der Waals surface area contributed by atoms with E-state index in [-0.39, 0.29) is 11.9 Å². The van der Waals surface area contributed by atoms with E-state index in [1.54, 1.807) is 6.07 Å². The van der Waals surface area contributed by atoms with E-state index < -0.39 is 0 Å². The van der Waals surface area contributed by atoms with E-state index in [4.69, 9.17) is 0 Å². The van der Waals surface area contributed by atoms with Gasteiger partial charge in [0.2, 0.25) is 0 Å². The SMILES string of the molecule is CCNC(C)c1ccc(F)cc1-c1c(C)nn(CC)c1C. The van der Waals surface area contributed by atoms with Crippen LogP contribution in [0.3, 0.4) is 0 Å². The summed E-state index contributed by atoms with van der Waals surface area (Å²) >= 11 is 0. The number of aryl methyl sites for hydroxylation is 2. The Hall–Kier alpha value is -1.68. The quantitative estimate of drug-likeness (QED) is 0.901. The van der Waals surface area contributed by atoms with Gasteiger partial charge in [0.05, 0.1) is 5.69 Å². The molecule has 21 heavy (non-hydrogen) atoms. The Kier molecular flexibility index (Phi) is 4.78.